The second-order valence-electron chi connectivity index (χ2n) is 3.63. The van der Waals surface area contributed by atoms with Crippen molar-refractivity contribution in [3.05, 3.63) is 77.8 Å². The van der Waals surface area contributed by atoms with Gasteiger partial charge >= 0.3 is 5.97 Å². The zero-order valence-electron chi connectivity index (χ0n) is 9.55. The fourth-order valence-corrected chi connectivity index (χ4v) is 1.39. The highest BCUT2D eigenvalue weighted by Crippen LogP contribution is 2.06. The van der Waals surface area contributed by atoms with Gasteiger partial charge in [-0.15, -0.1) is 0 Å². The summed E-state index contributed by atoms with van der Waals surface area (Å²) >= 11 is 0. The quantitative estimate of drug-likeness (QED) is 0.606. The molecule has 0 radical (unpaired) electrons. The van der Waals surface area contributed by atoms with Gasteiger partial charge in [0.05, 0.1) is 11.8 Å². The fraction of sp³-hybridized carbons (Fsp3) is 0. The molecule has 0 saturated carbocycles. The summed E-state index contributed by atoms with van der Waals surface area (Å²) in [5, 5.41) is 0. The number of halogens is 1. The molecule has 0 heterocycles. The van der Waals surface area contributed by atoms with Crippen LogP contribution in [0.25, 0.3) is 6.08 Å². The van der Waals surface area contributed by atoms with Gasteiger partial charge in [0.2, 0.25) is 0 Å². The van der Waals surface area contributed by atoms with E-state index in [1.807, 2.05) is 30.3 Å². The van der Waals surface area contributed by atoms with Crippen LogP contribution in [0.5, 0.6) is 0 Å². The molecule has 2 aromatic rings. The van der Waals surface area contributed by atoms with Crippen LogP contribution in [-0.4, -0.2) is 5.97 Å². The maximum absolute atomic E-state index is 12.7. The van der Waals surface area contributed by atoms with E-state index in [0.29, 0.717) is 5.56 Å². The van der Waals surface area contributed by atoms with E-state index in [1.165, 1.54) is 30.5 Å². The van der Waals surface area contributed by atoms with Crippen LogP contribution in [0, 0.1) is 5.82 Å². The van der Waals surface area contributed by atoms with Gasteiger partial charge in [0, 0.05) is 0 Å². The van der Waals surface area contributed by atoms with E-state index in [0.717, 1.165) is 5.56 Å². The molecule has 0 amide bonds. The predicted octanol–water partition coefficient (Wildman–Crippen LogP) is 3.65. The summed E-state index contributed by atoms with van der Waals surface area (Å²) in [5.41, 5.74) is 1.25. The van der Waals surface area contributed by atoms with Crippen molar-refractivity contribution in [2.24, 2.45) is 0 Å². The monoisotopic (exact) mass is 242 g/mol. The van der Waals surface area contributed by atoms with E-state index in [9.17, 15) is 9.18 Å². The van der Waals surface area contributed by atoms with E-state index in [1.54, 1.807) is 6.08 Å². The minimum absolute atomic E-state index is 0.314. The number of hydrogen-bond donors (Lipinski definition) is 0. The Morgan fingerprint density at radius 3 is 2.33 bits per heavy atom. The molecule has 0 aliphatic carbocycles. The topological polar surface area (TPSA) is 26.3 Å². The number of benzene rings is 2. The first kappa shape index (κ1) is 12.0. The Morgan fingerprint density at radius 2 is 1.67 bits per heavy atom. The highest BCUT2D eigenvalue weighted by atomic mass is 19.1. The third-order valence-electron chi connectivity index (χ3n) is 2.32. The Hall–Kier alpha value is -2.42. The van der Waals surface area contributed by atoms with Gasteiger partial charge in [0.25, 0.3) is 0 Å². The number of carbonyl (C=O) groups excluding carboxylic acids is 1. The van der Waals surface area contributed by atoms with Crippen LogP contribution in [0.4, 0.5) is 4.39 Å². The number of ether oxygens (including phenoxy) is 1. The molecule has 0 aliphatic heterocycles. The Kier molecular flexibility index (Phi) is 3.86. The van der Waals surface area contributed by atoms with Crippen LogP contribution in [0.1, 0.15) is 15.9 Å². The molecule has 3 heteroatoms. The molecule has 0 atom stereocenters. The molecule has 2 nitrogen and oxygen atoms in total. The van der Waals surface area contributed by atoms with Crippen LogP contribution in [0.2, 0.25) is 0 Å². The minimum Gasteiger partial charge on any atom is -0.431 e. The van der Waals surface area contributed by atoms with Crippen LogP contribution in [0.3, 0.4) is 0 Å². The third-order valence-corrected chi connectivity index (χ3v) is 2.32. The largest absolute Gasteiger partial charge is 0.431 e. The Bertz CT molecular complexity index is 544. The first-order valence-electron chi connectivity index (χ1n) is 5.44. The van der Waals surface area contributed by atoms with E-state index >= 15 is 0 Å². The summed E-state index contributed by atoms with van der Waals surface area (Å²) in [7, 11) is 0. The molecule has 0 N–H and O–H groups in total. The van der Waals surface area contributed by atoms with Gasteiger partial charge in [-0.05, 0) is 35.9 Å². The van der Waals surface area contributed by atoms with Crippen molar-refractivity contribution >= 4 is 12.0 Å². The highest BCUT2D eigenvalue weighted by molar-refractivity contribution is 5.89. The molecule has 0 aromatic heterocycles. The standard InChI is InChI=1S/C15H11FO2/c16-14-8-6-13(7-9-14)15(17)18-11-10-12-4-2-1-3-5-12/h1-11H/b11-10+. The van der Waals surface area contributed by atoms with Crippen LogP contribution in [0.15, 0.2) is 60.9 Å². The molecule has 0 fully saturated rings. The Balaban J connectivity index is 1.96. The van der Waals surface area contributed by atoms with Gasteiger partial charge in [0.15, 0.2) is 0 Å². The first-order valence-corrected chi connectivity index (χ1v) is 5.44. The number of hydrogen-bond acceptors (Lipinski definition) is 2. The van der Waals surface area contributed by atoms with Crippen molar-refractivity contribution in [3.8, 4) is 0 Å². The van der Waals surface area contributed by atoms with Crippen LogP contribution < -0.4 is 0 Å². The summed E-state index contributed by atoms with van der Waals surface area (Å²) in [6.07, 6.45) is 3.00. The number of rotatable bonds is 3. The van der Waals surface area contributed by atoms with Gasteiger partial charge in [0.1, 0.15) is 5.82 Å². The van der Waals surface area contributed by atoms with Gasteiger partial charge in [-0.1, -0.05) is 30.3 Å². The summed E-state index contributed by atoms with van der Waals surface area (Å²) in [5.74, 6) is -0.895. The fourth-order valence-electron chi connectivity index (χ4n) is 1.39. The minimum atomic E-state index is -0.512. The second kappa shape index (κ2) is 5.77. The lowest BCUT2D eigenvalue weighted by molar-refractivity contribution is 0.0665. The Morgan fingerprint density at radius 1 is 1.00 bits per heavy atom. The van der Waals surface area contributed by atoms with Gasteiger partial charge in [-0.3, -0.25) is 0 Å². The molecule has 2 rings (SSSR count). The molecule has 90 valence electrons. The summed E-state index contributed by atoms with van der Waals surface area (Å²) in [6, 6.07) is 14.7. The molecule has 0 saturated heterocycles. The molecule has 0 unspecified atom stereocenters. The van der Waals surface area contributed by atoms with Crippen molar-refractivity contribution in [2.75, 3.05) is 0 Å². The first-order chi connectivity index (χ1) is 8.75. The predicted molar refractivity (Wildman–Crippen MR) is 67.3 cm³/mol. The Labute approximate surface area is 104 Å². The van der Waals surface area contributed by atoms with E-state index in [4.69, 9.17) is 4.74 Å². The molecule has 0 spiro atoms. The summed E-state index contributed by atoms with van der Waals surface area (Å²) < 4.78 is 17.6. The average molecular weight is 242 g/mol. The summed E-state index contributed by atoms with van der Waals surface area (Å²) in [6.45, 7) is 0. The molecular formula is C15H11FO2. The lowest BCUT2D eigenvalue weighted by Gasteiger charge is -1.99. The highest BCUT2D eigenvalue weighted by Gasteiger charge is 2.04. The van der Waals surface area contributed by atoms with Crippen molar-refractivity contribution in [3.63, 3.8) is 0 Å². The van der Waals surface area contributed by atoms with E-state index in [-0.39, 0.29) is 5.82 Å². The van der Waals surface area contributed by atoms with Crippen molar-refractivity contribution in [1.82, 2.24) is 0 Å². The average Bonchev–Trinajstić information content (AvgIpc) is 2.40. The normalized spacial score (nSPS) is 10.5. The van der Waals surface area contributed by atoms with Gasteiger partial charge in [-0.2, -0.15) is 0 Å². The molecule has 0 bridgehead atoms. The SMILES string of the molecule is O=C(O/C=C/c1ccccc1)c1ccc(F)cc1. The lowest BCUT2D eigenvalue weighted by Crippen LogP contribution is -2.00. The lowest BCUT2D eigenvalue weighted by atomic mass is 10.2. The maximum atomic E-state index is 12.7. The van der Waals surface area contributed by atoms with Crippen molar-refractivity contribution in [1.29, 1.82) is 0 Å². The maximum Gasteiger partial charge on any atom is 0.342 e. The van der Waals surface area contributed by atoms with Gasteiger partial charge in [-0.25, -0.2) is 9.18 Å². The zero-order chi connectivity index (χ0) is 12.8. The third kappa shape index (κ3) is 3.28. The number of esters is 1. The molecule has 18 heavy (non-hydrogen) atoms. The van der Waals surface area contributed by atoms with Crippen molar-refractivity contribution in [2.45, 2.75) is 0 Å². The second-order valence-corrected chi connectivity index (χ2v) is 3.63. The van der Waals surface area contributed by atoms with Crippen LogP contribution in [-0.2, 0) is 4.74 Å². The van der Waals surface area contributed by atoms with E-state index in [2.05, 4.69) is 0 Å². The zero-order valence-corrected chi connectivity index (χ0v) is 9.55. The van der Waals surface area contributed by atoms with Crippen molar-refractivity contribution < 1.29 is 13.9 Å². The van der Waals surface area contributed by atoms with Gasteiger partial charge < -0.3 is 4.74 Å². The molecule has 0 aliphatic rings. The van der Waals surface area contributed by atoms with E-state index < -0.39 is 5.97 Å². The van der Waals surface area contributed by atoms with Crippen LogP contribution >= 0.6 is 0 Å². The number of carbonyl (C=O) groups is 1. The molecular weight excluding hydrogens is 231 g/mol. The smallest absolute Gasteiger partial charge is 0.342 e. The molecule has 2 aromatic carbocycles. The summed E-state index contributed by atoms with van der Waals surface area (Å²) in [4.78, 5) is 11.6.